The lowest BCUT2D eigenvalue weighted by Crippen LogP contribution is -2.17. The molecule has 0 amide bonds. The van der Waals surface area contributed by atoms with Gasteiger partial charge in [-0.2, -0.15) is 13.2 Å². The quantitative estimate of drug-likeness (QED) is 0.900. The van der Waals surface area contributed by atoms with Crippen molar-refractivity contribution < 1.29 is 13.2 Å². The fraction of sp³-hybridized carbons (Fsp3) is 0.182. The smallest absolute Gasteiger partial charge is 0.291 e. The molecule has 0 aliphatic rings. The molecule has 0 bridgehead atoms. The summed E-state index contributed by atoms with van der Waals surface area (Å²) in [7, 11) is 0. The Morgan fingerprint density at radius 3 is 2.50 bits per heavy atom. The van der Waals surface area contributed by atoms with Crippen molar-refractivity contribution in [3.63, 3.8) is 0 Å². The summed E-state index contributed by atoms with van der Waals surface area (Å²) in [4.78, 5) is 11.4. The molecule has 0 radical (unpaired) electrons. The van der Waals surface area contributed by atoms with Crippen molar-refractivity contribution in [3.05, 3.63) is 57.0 Å². The molecule has 2 rings (SSSR count). The number of rotatable bonds is 2. The summed E-state index contributed by atoms with van der Waals surface area (Å²) >= 11 is 5.87. The molecule has 0 aliphatic carbocycles. The first-order valence-electron chi connectivity index (χ1n) is 4.98. The monoisotopic (exact) mass is 276 g/mol. The van der Waals surface area contributed by atoms with Gasteiger partial charge in [0.2, 0.25) is 0 Å². The Balaban J connectivity index is 2.34. The fourth-order valence-electron chi connectivity index (χ4n) is 1.49. The number of alkyl halides is 3. The third kappa shape index (κ3) is 2.59. The number of hydrogen-bond acceptors (Lipinski definition) is 1. The third-order valence-electron chi connectivity index (χ3n) is 2.38. The van der Waals surface area contributed by atoms with Gasteiger partial charge in [0.25, 0.3) is 5.56 Å². The van der Waals surface area contributed by atoms with Crippen LogP contribution in [-0.4, -0.2) is 9.78 Å². The average molecular weight is 277 g/mol. The first-order chi connectivity index (χ1) is 8.38. The number of hydrogen-bond donors (Lipinski definition) is 1. The highest BCUT2D eigenvalue weighted by molar-refractivity contribution is 6.31. The summed E-state index contributed by atoms with van der Waals surface area (Å²) in [5.41, 5.74) is -1.25. The number of halogens is 4. The zero-order valence-electron chi connectivity index (χ0n) is 8.96. The number of H-pyrrole nitrogens is 1. The Bertz CT molecular complexity index is 615. The zero-order valence-corrected chi connectivity index (χ0v) is 9.72. The van der Waals surface area contributed by atoms with Gasteiger partial charge in [-0.25, -0.2) is 4.68 Å². The van der Waals surface area contributed by atoms with Crippen LogP contribution in [0.25, 0.3) is 0 Å². The molecule has 0 spiro atoms. The highest BCUT2D eigenvalue weighted by Crippen LogP contribution is 2.26. The maximum Gasteiger partial charge on any atom is 0.432 e. The maximum atomic E-state index is 12.4. The topological polar surface area (TPSA) is 37.8 Å². The second-order valence-electron chi connectivity index (χ2n) is 3.68. The van der Waals surface area contributed by atoms with Crippen molar-refractivity contribution >= 4 is 11.6 Å². The molecule has 0 saturated carbocycles. The molecule has 0 saturated heterocycles. The van der Waals surface area contributed by atoms with Gasteiger partial charge in [0.1, 0.15) is 5.69 Å². The molecule has 7 heteroatoms. The summed E-state index contributed by atoms with van der Waals surface area (Å²) in [6.07, 6.45) is -4.56. The first-order valence-corrected chi connectivity index (χ1v) is 5.36. The van der Waals surface area contributed by atoms with Crippen LogP contribution in [-0.2, 0) is 12.7 Å². The molecule has 2 aromatic rings. The molecule has 18 heavy (non-hydrogen) atoms. The van der Waals surface area contributed by atoms with Crippen LogP contribution < -0.4 is 5.56 Å². The van der Waals surface area contributed by atoms with Crippen LogP contribution in [0.2, 0.25) is 5.02 Å². The lowest BCUT2D eigenvalue weighted by molar-refractivity contribution is -0.141. The van der Waals surface area contributed by atoms with Gasteiger partial charge in [-0.15, -0.1) is 0 Å². The van der Waals surface area contributed by atoms with Crippen LogP contribution in [0.15, 0.2) is 35.1 Å². The molecule has 1 heterocycles. The molecule has 0 atom stereocenters. The molecule has 1 aromatic heterocycles. The standard InChI is InChI=1S/C11H8ClF3N2O/c12-8-4-2-1-3-7(8)6-17-10(18)5-9(16-17)11(13,14)15/h1-5,16H,6H2. The van der Waals surface area contributed by atoms with Gasteiger partial charge in [0, 0.05) is 11.1 Å². The normalized spacial score (nSPS) is 11.8. The second-order valence-corrected chi connectivity index (χ2v) is 4.09. The van der Waals surface area contributed by atoms with E-state index >= 15 is 0 Å². The molecule has 96 valence electrons. The Kier molecular flexibility index (Phi) is 3.21. The molecular formula is C11H8ClF3N2O. The van der Waals surface area contributed by atoms with E-state index in [-0.39, 0.29) is 6.54 Å². The van der Waals surface area contributed by atoms with Crippen LogP contribution in [0.3, 0.4) is 0 Å². The Morgan fingerprint density at radius 2 is 1.94 bits per heavy atom. The average Bonchev–Trinajstić information content (AvgIpc) is 2.63. The van der Waals surface area contributed by atoms with E-state index in [1.807, 2.05) is 5.10 Å². The zero-order chi connectivity index (χ0) is 13.3. The maximum absolute atomic E-state index is 12.4. The Hall–Kier alpha value is -1.69. The largest absolute Gasteiger partial charge is 0.432 e. The second kappa shape index (κ2) is 4.53. The van der Waals surface area contributed by atoms with E-state index in [1.165, 1.54) is 0 Å². The molecule has 1 N–H and O–H groups in total. The number of nitrogens with one attached hydrogen (secondary N) is 1. The number of aromatic nitrogens is 2. The van der Waals surface area contributed by atoms with E-state index in [0.717, 1.165) is 4.68 Å². The predicted molar refractivity (Wildman–Crippen MR) is 60.6 cm³/mol. The van der Waals surface area contributed by atoms with Crippen molar-refractivity contribution in [2.24, 2.45) is 0 Å². The van der Waals surface area contributed by atoms with Gasteiger partial charge in [0.15, 0.2) is 0 Å². The van der Waals surface area contributed by atoms with Crippen molar-refractivity contribution in [2.45, 2.75) is 12.7 Å². The molecule has 1 aromatic carbocycles. The lowest BCUT2D eigenvalue weighted by Gasteiger charge is -2.05. The van der Waals surface area contributed by atoms with E-state index < -0.39 is 17.4 Å². The summed E-state index contributed by atoms with van der Waals surface area (Å²) < 4.78 is 38.0. The predicted octanol–water partition coefficient (Wildman–Crippen LogP) is 2.90. The van der Waals surface area contributed by atoms with Crippen LogP contribution in [0.5, 0.6) is 0 Å². The Morgan fingerprint density at radius 1 is 1.28 bits per heavy atom. The number of nitrogens with zero attached hydrogens (tertiary/aromatic N) is 1. The molecular weight excluding hydrogens is 269 g/mol. The van der Waals surface area contributed by atoms with E-state index in [4.69, 9.17) is 11.6 Å². The van der Waals surface area contributed by atoms with E-state index in [0.29, 0.717) is 16.7 Å². The first kappa shape index (κ1) is 12.8. The molecule has 3 nitrogen and oxygen atoms in total. The van der Waals surface area contributed by atoms with Crippen molar-refractivity contribution in [1.82, 2.24) is 9.78 Å². The van der Waals surface area contributed by atoms with Gasteiger partial charge in [-0.05, 0) is 11.6 Å². The minimum absolute atomic E-state index is 0.0331. The molecule has 0 aliphatic heterocycles. The van der Waals surface area contributed by atoms with Crippen LogP contribution in [0, 0.1) is 0 Å². The van der Waals surface area contributed by atoms with Crippen molar-refractivity contribution in [1.29, 1.82) is 0 Å². The third-order valence-corrected chi connectivity index (χ3v) is 2.75. The Labute approximate surface area is 105 Å². The van der Waals surface area contributed by atoms with E-state index in [1.54, 1.807) is 24.3 Å². The highest BCUT2D eigenvalue weighted by atomic mass is 35.5. The van der Waals surface area contributed by atoms with Gasteiger partial charge in [-0.1, -0.05) is 29.8 Å². The minimum atomic E-state index is -4.56. The van der Waals surface area contributed by atoms with Gasteiger partial charge < -0.3 is 0 Å². The fourth-order valence-corrected chi connectivity index (χ4v) is 1.69. The highest BCUT2D eigenvalue weighted by Gasteiger charge is 2.33. The summed E-state index contributed by atoms with van der Waals surface area (Å²) in [6, 6.07) is 7.17. The summed E-state index contributed by atoms with van der Waals surface area (Å²) in [6.45, 7) is -0.0331. The molecule has 0 unspecified atom stereocenters. The van der Waals surface area contributed by atoms with Crippen LogP contribution in [0.4, 0.5) is 13.2 Å². The molecule has 0 fully saturated rings. The van der Waals surface area contributed by atoms with Crippen molar-refractivity contribution in [2.75, 3.05) is 0 Å². The van der Waals surface area contributed by atoms with E-state index in [9.17, 15) is 18.0 Å². The number of benzene rings is 1. The van der Waals surface area contributed by atoms with Gasteiger partial charge in [0.05, 0.1) is 6.54 Å². The number of aromatic amines is 1. The van der Waals surface area contributed by atoms with Gasteiger partial charge >= 0.3 is 6.18 Å². The van der Waals surface area contributed by atoms with Crippen molar-refractivity contribution in [3.8, 4) is 0 Å². The van der Waals surface area contributed by atoms with E-state index in [2.05, 4.69) is 0 Å². The van der Waals surface area contributed by atoms with Gasteiger partial charge in [-0.3, -0.25) is 9.89 Å². The minimum Gasteiger partial charge on any atom is -0.291 e. The lowest BCUT2D eigenvalue weighted by atomic mass is 10.2. The van der Waals surface area contributed by atoms with Crippen LogP contribution in [0.1, 0.15) is 11.3 Å². The summed E-state index contributed by atoms with van der Waals surface area (Å²) in [5, 5.41) is 2.41. The SMILES string of the molecule is O=c1cc(C(F)(F)F)[nH]n1Cc1ccccc1Cl. The summed E-state index contributed by atoms with van der Waals surface area (Å²) in [5.74, 6) is 0. The van der Waals surface area contributed by atoms with Crippen LogP contribution >= 0.6 is 11.6 Å².